The van der Waals surface area contributed by atoms with Gasteiger partial charge < -0.3 is 4.42 Å². The third-order valence-corrected chi connectivity index (χ3v) is 10.7. The van der Waals surface area contributed by atoms with Gasteiger partial charge in [0.15, 0.2) is 6.20 Å². The molecule has 1 aliphatic heterocycles. The second kappa shape index (κ2) is 7.43. The van der Waals surface area contributed by atoms with E-state index in [1.165, 1.54) is 10.8 Å². The van der Waals surface area contributed by atoms with Gasteiger partial charge in [-0.3, -0.25) is 0 Å². The van der Waals surface area contributed by atoms with Crippen molar-refractivity contribution in [2.45, 2.75) is 38.9 Å². The Balaban J connectivity index is 1.62. The number of nitrogens with zero attached hydrogens (tertiary/aromatic N) is 1. The lowest BCUT2D eigenvalue weighted by Crippen LogP contribution is -2.46. The first-order valence-corrected chi connectivity index (χ1v) is 14.9. The predicted octanol–water partition coefficient (Wildman–Crippen LogP) is 6.91. The second-order valence-electron chi connectivity index (χ2n) is 9.94. The molecule has 0 saturated heterocycles. The summed E-state index contributed by atoms with van der Waals surface area (Å²) in [5.41, 5.74) is 8.30. The molecular formula is C30H30NOSi+. The Bertz CT molecular complexity index is 1630. The number of hydrogen-bond donors (Lipinski definition) is 0. The van der Waals surface area contributed by atoms with Crippen LogP contribution in [-0.2, 0) is 13.4 Å². The highest BCUT2D eigenvalue weighted by Crippen LogP contribution is 2.40. The van der Waals surface area contributed by atoms with E-state index >= 15 is 0 Å². The van der Waals surface area contributed by atoms with Gasteiger partial charge in [-0.25, -0.2) is 4.57 Å². The van der Waals surface area contributed by atoms with Gasteiger partial charge in [-0.1, -0.05) is 79.3 Å². The average molecular weight is 451 g/mol. The highest BCUT2D eigenvalue weighted by molar-refractivity contribution is 6.90. The van der Waals surface area contributed by atoms with Crippen molar-refractivity contribution < 1.29 is 11.7 Å². The van der Waals surface area contributed by atoms with Crippen LogP contribution >= 0.6 is 0 Å². The van der Waals surface area contributed by atoms with Crippen molar-refractivity contribution in [3.63, 3.8) is 0 Å². The van der Waals surface area contributed by atoms with E-state index in [2.05, 4.69) is 92.4 Å². The first kappa shape index (κ1) is 18.3. The Morgan fingerprint density at radius 3 is 2.64 bits per heavy atom. The van der Waals surface area contributed by atoms with Gasteiger partial charge >= 0.3 is 0 Å². The summed E-state index contributed by atoms with van der Waals surface area (Å²) in [4.78, 5) is 0. The van der Waals surface area contributed by atoms with E-state index in [0.717, 1.165) is 55.9 Å². The van der Waals surface area contributed by atoms with E-state index in [-0.39, 0.29) is 0 Å². The fourth-order valence-corrected chi connectivity index (χ4v) is 7.83. The molecule has 0 spiro atoms. The van der Waals surface area contributed by atoms with Gasteiger partial charge in [0.1, 0.15) is 18.2 Å². The van der Waals surface area contributed by atoms with E-state index < -0.39 is 14.4 Å². The number of hydrogen-bond acceptors (Lipinski definition) is 1. The minimum atomic E-state index is -1.70. The van der Waals surface area contributed by atoms with Gasteiger partial charge in [0.2, 0.25) is 5.69 Å². The molecule has 0 atom stereocenters. The number of benzene rings is 3. The smallest absolute Gasteiger partial charge is 0.216 e. The molecule has 5 aromatic rings. The monoisotopic (exact) mass is 450 g/mol. The van der Waals surface area contributed by atoms with Crippen LogP contribution in [-0.4, -0.2) is 8.07 Å². The van der Waals surface area contributed by atoms with E-state index in [0.29, 0.717) is 6.42 Å². The van der Waals surface area contributed by atoms with Crippen LogP contribution in [0.4, 0.5) is 0 Å². The SMILES string of the molecule is [2H]C1([2H])CC[Si](C)(C)c2cc(-c3cccc4c3oc3c(-c5cccc[n+]5C)c(C)ccc34)ccc21. The molecule has 0 N–H and O–H groups in total. The molecule has 0 saturated carbocycles. The van der Waals surface area contributed by atoms with E-state index in [1.807, 2.05) is 12.1 Å². The molecule has 0 amide bonds. The summed E-state index contributed by atoms with van der Waals surface area (Å²) in [6.45, 7) is 6.86. The van der Waals surface area contributed by atoms with Gasteiger partial charge in [0.05, 0.1) is 13.6 Å². The summed E-state index contributed by atoms with van der Waals surface area (Å²) < 4.78 is 26.0. The number of fused-ring (bicyclic) bond motifs is 4. The van der Waals surface area contributed by atoms with Crippen molar-refractivity contribution in [1.82, 2.24) is 0 Å². The molecule has 3 heteroatoms. The number of furan rings is 1. The first-order chi connectivity index (χ1) is 16.7. The predicted molar refractivity (Wildman–Crippen MR) is 141 cm³/mol. The summed E-state index contributed by atoms with van der Waals surface area (Å²) in [6.07, 6.45) is 1.44. The fraction of sp³-hybridized carbons (Fsp3) is 0.233. The fourth-order valence-electron chi connectivity index (χ4n) is 5.36. The van der Waals surface area contributed by atoms with Gasteiger partial charge in [-0.05, 0) is 36.1 Å². The van der Waals surface area contributed by atoms with E-state index in [9.17, 15) is 0 Å². The zero-order chi connectivity index (χ0) is 24.5. The van der Waals surface area contributed by atoms with Crippen LogP contribution in [0, 0.1) is 6.92 Å². The van der Waals surface area contributed by atoms with Crippen molar-refractivity contribution in [3.05, 3.63) is 84.1 Å². The first-order valence-electron chi connectivity index (χ1n) is 12.7. The van der Waals surface area contributed by atoms with Gasteiger partial charge in [0.25, 0.3) is 0 Å². The molecule has 1 aliphatic rings. The molecule has 33 heavy (non-hydrogen) atoms. The Morgan fingerprint density at radius 1 is 0.939 bits per heavy atom. The second-order valence-corrected chi connectivity index (χ2v) is 14.7. The van der Waals surface area contributed by atoms with E-state index in [4.69, 9.17) is 7.16 Å². The Morgan fingerprint density at radius 2 is 1.79 bits per heavy atom. The molecule has 0 bridgehead atoms. The molecule has 3 aromatic carbocycles. The van der Waals surface area contributed by atoms with Crippen molar-refractivity contribution in [3.8, 4) is 22.4 Å². The topological polar surface area (TPSA) is 17.0 Å². The summed E-state index contributed by atoms with van der Waals surface area (Å²) in [5.74, 6) is 0. The van der Waals surface area contributed by atoms with Crippen LogP contribution in [0.25, 0.3) is 44.3 Å². The summed E-state index contributed by atoms with van der Waals surface area (Å²) >= 11 is 0. The van der Waals surface area contributed by atoms with E-state index in [1.54, 1.807) is 0 Å². The molecule has 0 radical (unpaired) electrons. The van der Waals surface area contributed by atoms with Crippen LogP contribution in [0.2, 0.25) is 19.1 Å². The minimum Gasteiger partial charge on any atom is -0.454 e. The lowest BCUT2D eigenvalue weighted by molar-refractivity contribution is -0.660. The Labute approximate surface area is 199 Å². The van der Waals surface area contributed by atoms with Crippen LogP contribution in [0.3, 0.4) is 0 Å². The molecule has 0 aliphatic carbocycles. The third-order valence-electron chi connectivity index (χ3n) is 7.31. The highest BCUT2D eigenvalue weighted by Gasteiger charge is 2.30. The van der Waals surface area contributed by atoms with Gasteiger partial charge in [-0.2, -0.15) is 0 Å². The van der Waals surface area contributed by atoms with Crippen LogP contribution in [0.5, 0.6) is 0 Å². The highest BCUT2D eigenvalue weighted by atomic mass is 28.3. The molecule has 3 heterocycles. The zero-order valence-electron chi connectivity index (χ0n) is 21.7. The Hall–Kier alpha value is -3.17. The maximum atomic E-state index is 8.58. The number of para-hydroxylation sites is 1. The quantitative estimate of drug-likeness (QED) is 0.211. The molecule has 164 valence electrons. The lowest BCUT2D eigenvalue weighted by atomic mass is 9.98. The lowest BCUT2D eigenvalue weighted by Gasteiger charge is -2.31. The minimum absolute atomic E-state index is 0.622. The van der Waals surface area contributed by atoms with Crippen LogP contribution in [0.1, 0.15) is 20.3 Å². The van der Waals surface area contributed by atoms with Gasteiger partial charge in [-0.15, -0.1) is 0 Å². The normalized spacial score (nSPS) is 17.6. The van der Waals surface area contributed by atoms with Crippen molar-refractivity contribution in [2.24, 2.45) is 7.05 Å². The standard InChI is InChI=1S/C30H30NOSi/c1-20-13-16-25-24-11-7-10-23(22-15-14-21-9-8-18-33(3,4)27(21)19-22)29(24)32-30(25)28(20)26-12-5-6-17-31(26)2/h5-7,10-17,19H,8-9,18H2,1-4H3/q+1/i9D2. The number of aromatic nitrogens is 1. The van der Waals surface area contributed by atoms with Crippen molar-refractivity contribution >= 4 is 35.2 Å². The Kier molecular flexibility index (Phi) is 4.11. The maximum absolute atomic E-state index is 8.58. The molecule has 2 aromatic heterocycles. The number of rotatable bonds is 2. The van der Waals surface area contributed by atoms with Crippen LogP contribution < -0.4 is 9.75 Å². The molecule has 0 fully saturated rings. The van der Waals surface area contributed by atoms with Crippen molar-refractivity contribution in [2.75, 3.05) is 0 Å². The summed E-state index contributed by atoms with van der Waals surface area (Å²) in [5, 5.41) is 3.48. The van der Waals surface area contributed by atoms with Crippen LogP contribution in [0.15, 0.2) is 77.3 Å². The molecule has 0 unspecified atom stereocenters. The molecular weight excluding hydrogens is 418 g/mol. The maximum Gasteiger partial charge on any atom is 0.216 e. The molecule has 6 rings (SSSR count). The summed E-state index contributed by atoms with van der Waals surface area (Å²) in [6, 6.07) is 24.3. The van der Waals surface area contributed by atoms with Crippen molar-refractivity contribution in [1.29, 1.82) is 0 Å². The third kappa shape index (κ3) is 3.18. The molecule has 2 nitrogen and oxygen atoms in total. The zero-order valence-corrected chi connectivity index (χ0v) is 20.7. The number of aryl methyl sites for hydroxylation is 3. The largest absolute Gasteiger partial charge is 0.454 e. The summed E-state index contributed by atoms with van der Waals surface area (Å²) in [7, 11) is 0.365. The average Bonchev–Trinajstić information content (AvgIpc) is 3.21. The van der Waals surface area contributed by atoms with Gasteiger partial charge in [0, 0.05) is 31.2 Å². The number of pyridine rings is 1.